The Bertz CT molecular complexity index is 2470. The van der Waals surface area contributed by atoms with Crippen molar-refractivity contribution in [3.05, 3.63) is 273 Å². The van der Waals surface area contributed by atoms with E-state index in [0.717, 1.165) is 79.7 Å². The third-order valence-corrected chi connectivity index (χ3v) is 9.90. The minimum Gasteiger partial charge on any atom is -0.264 e. The van der Waals surface area contributed by atoms with E-state index >= 15 is 0 Å². The minimum absolute atomic E-state index is 0.829. The quantitative estimate of drug-likeness (QED) is 0.140. The highest BCUT2D eigenvalue weighted by Gasteiger charge is 1.89. The van der Waals surface area contributed by atoms with Crippen LogP contribution in [0.2, 0.25) is 0 Å². The lowest BCUT2D eigenvalue weighted by molar-refractivity contribution is 1.03. The molecule has 0 fully saturated rings. The lowest BCUT2D eigenvalue weighted by Crippen LogP contribution is -1.84. The molecular weight excluding hydrogens is 1230 g/mol. The summed E-state index contributed by atoms with van der Waals surface area (Å²) in [4.78, 5) is 56.3. The van der Waals surface area contributed by atoms with Crippen LogP contribution in [0.15, 0.2) is 160 Å². The Morgan fingerprint density at radius 3 is 0.570 bits per heavy atom. The molecule has 560 valence electrons. The molecule has 0 aliphatic heterocycles. The second-order valence-corrected chi connectivity index (χ2v) is 19.1. The summed E-state index contributed by atoms with van der Waals surface area (Å²) in [6.45, 7) is 79.6. The fraction of sp³-hybridized carbons (Fsp3) is 0.465. The molecule has 0 spiro atoms. The van der Waals surface area contributed by atoms with Crippen molar-refractivity contribution >= 4 is 0 Å². The molecule has 0 aliphatic carbocycles. The largest absolute Gasteiger partial charge is 0.264 e. The monoisotopic (exact) mass is 1380 g/mol. The Morgan fingerprint density at radius 2 is 0.420 bits per heavy atom. The molecule has 0 saturated carbocycles. The highest BCUT2D eigenvalue weighted by molar-refractivity contribution is 5.16. The Balaban J connectivity index is -0.000000109. The molecule has 10 heterocycles. The van der Waals surface area contributed by atoms with E-state index in [1.54, 1.807) is 24.8 Å². The Kier molecular flexibility index (Phi) is 97.1. The van der Waals surface area contributed by atoms with Crippen molar-refractivity contribution in [3.8, 4) is 0 Å². The van der Waals surface area contributed by atoms with Crippen molar-refractivity contribution in [1.29, 1.82) is 0 Å². The van der Waals surface area contributed by atoms with Crippen LogP contribution in [0, 0.1) is 138 Å². The first-order valence-electron chi connectivity index (χ1n) is 36.3. The molecule has 10 aromatic heterocycles. The van der Waals surface area contributed by atoms with Gasteiger partial charge in [0.05, 0.1) is 22.8 Å². The van der Waals surface area contributed by atoms with E-state index in [9.17, 15) is 0 Å². The molecule has 0 radical (unpaired) electrons. The van der Waals surface area contributed by atoms with Gasteiger partial charge in [-0.1, -0.05) is 163 Å². The number of aryl methyl sites for hydroxylation is 20. The highest BCUT2D eigenvalue weighted by Crippen LogP contribution is 2.00. The number of pyridine rings is 6. The van der Waals surface area contributed by atoms with Gasteiger partial charge in [-0.15, -0.1) is 0 Å². The van der Waals surface area contributed by atoms with Crippen LogP contribution in [-0.2, 0) is 0 Å². The van der Waals surface area contributed by atoms with E-state index in [1.807, 2.05) is 368 Å². The zero-order valence-corrected chi connectivity index (χ0v) is 71.3. The van der Waals surface area contributed by atoms with Crippen LogP contribution in [0.4, 0.5) is 0 Å². The second-order valence-electron chi connectivity index (χ2n) is 19.1. The molecule has 100 heavy (non-hydrogen) atoms. The molecule has 0 N–H and O–H groups in total. The van der Waals surface area contributed by atoms with Crippen molar-refractivity contribution in [2.24, 2.45) is 0 Å². The van der Waals surface area contributed by atoms with Crippen molar-refractivity contribution in [1.82, 2.24) is 69.8 Å². The first kappa shape index (κ1) is 113. The number of aromatic nitrogens is 14. The summed E-state index contributed by atoms with van der Waals surface area (Å²) in [5.41, 5.74) is 20.0. The van der Waals surface area contributed by atoms with E-state index in [2.05, 4.69) is 114 Å². The standard InChI is InChI=1S/6C7H9N.4C6H8N2.10C2H6/c1-6-3-7(2)5-8-4-6;2*1-6-3-4-8-7(2)5-6;2*1-6-3-4-7(2)8-5-6;1-6-4-3-5-7(2)8-6;2*1-5-3-8-6(2)4-7-5;2*1-5-3-7-6(2)8-4-5;10*1-2/h6*3-5H,1-2H3;4*3-4H,1-2H3;10*1-2H3. The van der Waals surface area contributed by atoms with Gasteiger partial charge in [-0.2, -0.15) is 0 Å². The van der Waals surface area contributed by atoms with E-state index < -0.39 is 0 Å². The molecule has 0 amide bonds. The predicted molar refractivity (Wildman–Crippen MR) is 442 cm³/mol. The number of rotatable bonds is 0. The molecule has 10 rings (SSSR count). The van der Waals surface area contributed by atoms with Crippen LogP contribution in [-0.4, -0.2) is 69.8 Å². The van der Waals surface area contributed by atoms with E-state index in [4.69, 9.17) is 0 Å². The third kappa shape index (κ3) is 83.4. The number of hydrogen-bond donors (Lipinski definition) is 0. The van der Waals surface area contributed by atoms with Gasteiger partial charge in [-0.05, 0) is 232 Å². The molecule has 0 aliphatic rings. The van der Waals surface area contributed by atoms with Crippen LogP contribution >= 0.6 is 0 Å². The molecule has 0 atom stereocenters. The maximum Gasteiger partial charge on any atom is 0.125 e. The summed E-state index contributed by atoms with van der Waals surface area (Å²) in [5.74, 6) is 1.66. The Morgan fingerprint density at radius 1 is 0.170 bits per heavy atom. The van der Waals surface area contributed by atoms with Crippen LogP contribution in [0.1, 0.15) is 252 Å². The topological polar surface area (TPSA) is 180 Å². The van der Waals surface area contributed by atoms with E-state index in [1.165, 1.54) is 33.4 Å². The predicted octanol–water partition coefficient (Wildman–Crippen LogP) is 24.8. The zero-order chi connectivity index (χ0) is 79.8. The first-order chi connectivity index (χ1) is 47.9. The smallest absolute Gasteiger partial charge is 0.125 e. The van der Waals surface area contributed by atoms with Gasteiger partial charge in [0.2, 0.25) is 0 Å². The van der Waals surface area contributed by atoms with E-state index in [-0.39, 0.29) is 0 Å². The van der Waals surface area contributed by atoms with Crippen LogP contribution in [0.25, 0.3) is 0 Å². The van der Waals surface area contributed by atoms with Gasteiger partial charge in [0.25, 0.3) is 0 Å². The van der Waals surface area contributed by atoms with Gasteiger partial charge in [-0.25, -0.2) is 19.9 Å². The van der Waals surface area contributed by atoms with Gasteiger partial charge in [-0.3, -0.25) is 49.8 Å². The molecule has 0 unspecified atom stereocenters. The molecule has 0 aromatic carbocycles. The SMILES string of the molecule is CC.CC.CC.CC.CC.CC.CC.CC.CC.CC.Cc1ccc(C)nc1.Cc1ccc(C)nc1.Cc1cccc(C)n1.Cc1ccnc(C)c1.Cc1ccnc(C)c1.Cc1cnc(C)cn1.Cc1cnc(C)cn1.Cc1cnc(C)nc1.Cc1cnc(C)nc1.Cc1cncc(C)c1. The average Bonchev–Trinajstić information content (AvgIpc) is 2.77. The summed E-state index contributed by atoms with van der Waals surface area (Å²) >= 11 is 0. The van der Waals surface area contributed by atoms with Crippen molar-refractivity contribution in [2.45, 2.75) is 277 Å². The number of nitrogens with zero attached hydrogens (tertiary/aromatic N) is 14. The van der Waals surface area contributed by atoms with Crippen LogP contribution in [0.3, 0.4) is 0 Å². The third-order valence-electron chi connectivity index (χ3n) is 9.90. The maximum atomic E-state index is 4.17. The summed E-state index contributed by atoms with van der Waals surface area (Å²) in [5, 5.41) is 0. The minimum atomic E-state index is 0.829. The summed E-state index contributed by atoms with van der Waals surface area (Å²) in [6, 6.07) is 24.3. The zero-order valence-electron chi connectivity index (χ0n) is 71.3. The normalized spacial score (nSPS) is 8.00. The van der Waals surface area contributed by atoms with Gasteiger partial charge in [0.1, 0.15) is 11.6 Å². The van der Waals surface area contributed by atoms with Gasteiger partial charge in [0.15, 0.2) is 0 Å². The van der Waals surface area contributed by atoms with Gasteiger partial charge < -0.3 is 0 Å². The lowest BCUT2D eigenvalue weighted by Gasteiger charge is -1.90. The molecule has 0 saturated heterocycles. The lowest BCUT2D eigenvalue weighted by atomic mass is 10.2. The average molecular weight is 1380 g/mol. The highest BCUT2D eigenvalue weighted by atomic mass is 14.9. The Labute approximate surface area is 616 Å². The first-order valence-corrected chi connectivity index (χ1v) is 36.3. The van der Waals surface area contributed by atoms with Crippen molar-refractivity contribution < 1.29 is 0 Å². The van der Waals surface area contributed by atoms with Crippen molar-refractivity contribution in [2.75, 3.05) is 0 Å². The second kappa shape index (κ2) is 86.3. The molecule has 10 aromatic rings. The van der Waals surface area contributed by atoms with E-state index in [0.29, 0.717) is 0 Å². The summed E-state index contributed by atoms with van der Waals surface area (Å²) < 4.78 is 0. The molecular formula is C86H146N14. The fourth-order valence-electron chi connectivity index (χ4n) is 5.67. The fourth-order valence-corrected chi connectivity index (χ4v) is 5.67. The number of hydrogen-bond acceptors (Lipinski definition) is 14. The Hall–Kier alpha value is -8.78. The maximum absolute atomic E-state index is 4.17. The molecule has 0 bridgehead atoms. The molecule has 14 heteroatoms. The van der Waals surface area contributed by atoms with Crippen LogP contribution < -0.4 is 0 Å². The van der Waals surface area contributed by atoms with Gasteiger partial charge in [0, 0.05) is 121 Å². The summed E-state index contributed by atoms with van der Waals surface area (Å²) in [6.07, 6.45) is 25.4. The van der Waals surface area contributed by atoms with Gasteiger partial charge >= 0.3 is 0 Å². The molecule has 14 nitrogen and oxygen atoms in total. The van der Waals surface area contributed by atoms with Crippen molar-refractivity contribution in [3.63, 3.8) is 0 Å². The van der Waals surface area contributed by atoms with Crippen LogP contribution in [0.5, 0.6) is 0 Å². The summed E-state index contributed by atoms with van der Waals surface area (Å²) in [7, 11) is 0.